The monoisotopic (exact) mass is 468 g/mol. The molecule has 0 saturated carbocycles. The lowest BCUT2D eigenvalue weighted by molar-refractivity contribution is -0.113. The van der Waals surface area contributed by atoms with Crippen molar-refractivity contribution in [2.45, 2.75) is 4.34 Å². The Morgan fingerprint density at radius 2 is 1.81 bits per heavy atom. The molecule has 4 aromatic rings. The minimum Gasteiger partial charge on any atom is -0.495 e. The fourth-order valence-electron chi connectivity index (χ4n) is 2.98. The first-order valence-electron chi connectivity index (χ1n) is 9.42. The Bertz CT molecular complexity index is 1280. The first-order chi connectivity index (χ1) is 15.5. The van der Waals surface area contributed by atoms with Crippen molar-refractivity contribution in [1.82, 2.24) is 10.2 Å². The Hall–Kier alpha value is -3.50. The predicted octanol–water partition coefficient (Wildman–Crippen LogP) is 4.82. The van der Waals surface area contributed by atoms with Gasteiger partial charge in [0.1, 0.15) is 11.6 Å². The number of ether oxygens (including phenoxy) is 1. The molecule has 10 heteroatoms. The first-order valence-corrected chi connectivity index (χ1v) is 11.2. The van der Waals surface area contributed by atoms with E-state index in [0.29, 0.717) is 26.5 Å². The summed E-state index contributed by atoms with van der Waals surface area (Å²) in [5.41, 5.74) is 0.890. The lowest BCUT2D eigenvalue weighted by Crippen LogP contribution is -2.13. The summed E-state index contributed by atoms with van der Waals surface area (Å²) in [6.07, 6.45) is 0. The SMILES string of the molecule is COc1c(C(=O)Nc2nnc(SCC(=O)Nc3ccc(F)cc3)s2)ccc2ccccc12. The summed E-state index contributed by atoms with van der Waals surface area (Å²) < 4.78 is 18.9. The summed E-state index contributed by atoms with van der Waals surface area (Å²) in [6.45, 7) is 0. The van der Waals surface area contributed by atoms with Crippen LogP contribution in [-0.2, 0) is 4.79 Å². The maximum atomic E-state index is 12.9. The van der Waals surface area contributed by atoms with Gasteiger partial charge in [-0.2, -0.15) is 0 Å². The molecule has 0 fully saturated rings. The molecule has 1 aromatic heterocycles. The summed E-state index contributed by atoms with van der Waals surface area (Å²) in [5, 5.41) is 15.5. The molecule has 0 bridgehead atoms. The number of carbonyl (C=O) groups excluding carboxylic acids is 2. The van der Waals surface area contributed by atoms with Crippen LogP contribution in [0, 0.1) is 5.82 Å². The van der Waals surface area contributed by atoms with E-state index >= 15 is 0 Å². The van der Waals surface area contributed by atoms with E-state index in [1.165, 1.54) is 43.1 Å². The van der Waals surface area contributed by atoms with Crippen LogP contribution in [0.15, 0.2) is 65.0 Å². The molecule has 1 heterocycles. The smallest absolute Gasteiger partial charge is 0.261 e. The highest BCUT2D eigenvalue weighted by molar-refractivity contribution is 8.01. The molecule has 7 nitrogen and oxygen atoms in total. The molecule has 0 saturated heterocycles. The minimum atomic E-state index is -0.373. The van der Waals surface area contributed by atoms with Gasteiger partial charge in [0.25, 0.3) is 5.91 Å². The molecule has 0 aliphatic rings. The molecule has 0 radical (unpaired) electrons. The fourth-order valence-corrected chi connectivity index (χ4v) is 4.53. The topological polar surface area (TPSA) is 93.2 Å². The first kappa shape index (κ1) is 21.7. The molecule has 32 heavy (non-hydrogen) atoms. The summed E-state index contributed by atoms with van der Waals surface area (Å²) in [5.74, 6) is -0.421. The zero-order chi connectivity index (χ0) is 22.5. The summed E-state index contributed by atoms with van der Waals surface area (Å²) >= 11 is 2.35. The highest BCUT2D eigenvalue weighted by Crippen LogP contribution is 2.31. The zero-order valence-corrected chi connectivity index (χ0v) is 18.4. The molecule has 0 aliphatic heterocycles. The van der Waals surface area contributed by atoms with E-state index in [4.69, 9.17) is 4.74 Å². The van der Waals surface area contributed by atoms with E-state index in [0.717, 1.165) is 22.1 Å². The lowest BCUT2D eigenvalue weighted by Gasteiger charge is -2.11. The molecule has 2 N–H and O–H groups in total. The maximum absolute atomic E-state index is 12.9. The van der Waals surface area contributed by atoms with E-state index in [2.05, 4.69) is 20.8 Å². The molecule has 0 aliphatic carbocycles. The van der Waals surface area contributed by atoms with Crippen LogP contribution in [0.5, 0.6) is 5.75 Å². The second kappa shape index (κ2) is 9.75. The number of nitrogens with zero attached hydrogens (tertiary/aromatic N) is 2. The van der Waals surface area contributed by atoms with Gasteiger partial charge in [-0.25, -0.2) is 4.39 Å². The van der Waals surface area contributed by atoms with Gasteiger partial charge in [0.2, 0.25) is 11.0 Å². The molecule has 0 spiro atoms. The van der Waals surface area contributed by atoms with Gasteiger partial charge in [-0.05, 0) is 35.7 Å². The Balaban J connectivity index is 1.38. The van der Waals surface area contributed by atoms with Gasteiger partial charge in [0, 0.05) is 11.1 Å². The Kier molecular flexibility index (Phi) is 6.62. The number of carbonyl (C=O) groups is 2. The van der Waals surface area contributed by atoms with Gasteiger partial charge >= 0.3 is 0 Å². The summed E-state index contributed by atoms with van der Waals surface area (Å²) in [7, 11) is 1.52. The van der Waals surface area contributed by atoms with Crippen molar-refractivity contribution in [3.05, 3.63) is 72.0 Å². The molecule has 2 amide bonds. The van der Waals surface area contributed by atoms with E-state index in [9.17, 15) is 14.0 Å². The second-order valence-electron chi connectivity index (χ2n) is 6.54. The zero-order valence-electron chi connectivity index (χ0n) is 16.8. The standard InChI is InChI=1S/C22H17FN4O3S2/c1-30-19-16-5-3-2-4-13(16)6-11-17(19)20(29)25-21-26-27-22(32-21)31-12-18(28)24-15-9-7-14(23)8-10-15/h2-11H,12H2,1H3,(H,24,28)(H,25,26,29). The van der Waals surface area contributed by atoms with Crippen LogP contribution in [0.3, 0.4) is 0 Å². The van der Waals surface area contributed by atoms with Crippen LogP contribution >= 0.6 is 23.1 Å². The number of methoxy groups -OCH3 is 1. The molecule has 3 aromatic carbocycles. The van der Waals surface area contributed by atoms with Crippen LogP contribution in [-0.4, -0.2) is 34.9 Å². The van der Waals surface area contributed by atoms with Gasteiger partial charge in [-0.3, -0.25) is 14.9 Å². The van der Waals surface area contributed by atoms with Crippen LogP contribution in [0.4, 0.5) is 15.2 Å². The summed E-state index contributed by atoms with van der Waals surface area (Å²) in [4.78, 5) is 24.9. The Morgan fingerprint density at radius 1 is 1.03 bits per heavy atom. The largest absolute Gasteiger partial charge is 0.495 e. The van der Waals surface area contributed by atoms with Crippen molar-refractivity contribution >= 4 is 56.5 Å². The van der Waals surface area contributed by atoms with E-state index in [1.807, 2.05) is 30.3 Å². The quantitative estimate of drug-likeness (QED) is 0.298. The molecule has 0 unspecified atom stereocenters. The number of halogens is 1. The molecule has 162 valence electrons. The highest BCUT2D eigenvalue weighted by atomic mass is 32.2. The third-order valence-electron chi connectivity index (χ3n) is 4.41. The predicted molar refractivity (Wildman–Crippen MR) is 124 cm³/mol. The molecule has 0 atom stereocenters. The third-order valence-corrected chi connectivity index (χ3v) is 6.38. The number of aromatic nitrogens is 2. The number of anilines is 2. The maximum Gasteiger partial charge on any atom is 0.261 e. The van der Waals surface area contributed by atoms with Crippen molar-refractivity contribution in [3.63, 3.8) is 0 Å². The van der Waals surface area contributed by atoms with Crippen molar-refractivity contribution in [1.29, 1.82) is 0 Å². The van der Waals surface area contributed by atoms with Crippen LogP contribution in [0.2, 0.25) is 0 Å². The average molecular weight is 469 g/mol. The lowest BCUT2D eigenvalue weighted by atomic mass is 10.0. The molecular formula is C22H17FN4O3S2. The molecular weight excluding hydrogens is 451 g/mol. The second-order valence-corrected chi connectivity index (χ2v) is 8.74. The summed E-state index contributed by atoms with van der Waals surface area (Å²) in [6, 6.07) is 16.7. The van der Waals surface area contributed by atoms with Crippen molar-refractivity contribution in [3.8, 4) is 5.75 Å². The molecule has 4 rings (SSSR count). The third kappa shape index (κ3) is 5.04. The van der Waals surface area contributed by atoms with Crippen LogP contribution < -0.4 is 15.4 Å². The van der Waals surface area contributed by atoms with Gasteiger partial charge in [-0.1, -0.05) is 53.4 Å². The normalized spacial score (nSPS) is 10.7. The number of nitrogens with one attached hydrogen (secondary N) is 2. The van der Waals surface area contributed by atoms with E-state index in [1.54, 1.807) is 6.07 Å². The van der Waals surface area contributed by atoms with Gasteiger partial charge in [0.05, 0.1) is 18.4 Å². The fraction of sp³-hybridized carbons (Fsp3) is 0.0909. The van der Waals surface area contributed by atoms with Gasteiger partial charge in [0.15, 0.2) is 4.34 Å². The average Bonchev–Trinajstić information content (AvgIpc) is 3.25. The minimum absolute atomic E-state index is 0.0957. The number of benzene rings is 3. The highest BCUT2D eigenvalue weighted by Gasteiger charge is 2.17. The van der Waals surface area contributed by atoms with Crippen LogP contribution in [0.25, 0.3) is 10.8 Å². The number of thioether (sulfide) groups is 1. The van der Waals surface area contributed by atoms with Crippen molar-refractivity contribution in [2.24, 2.45) is 0 Å². The Morgan fingerprint density at radius 3 is 2.59 bits per heavy atom. The van der Waals surface area contributed by atoms with Gasteiger partial charge < -0.3 is 10.1 Å². The number of rotatable bonds is 7. The van der Waals surface area contributed by atoms with Crippen LogP contribution in [0.1, 0.15) is 10.4 Å². The number of amides is 2. The number of fused-ring (bicyclic) bond motifs is 1. The Labute approximate surface area is 191 Å². The van der Waals surface area contributed by atoms with Crippen molar-refractivity contribution < 1.29 is 18.7 Å². The van der Waals surface area contributed by atoms with E-state index < -0.39 is 0 Å². The number of hydrogen-bond donors (Lipinski definition) is 2. The van der Waals surface area contributed by atoms with Crippen molar-refractivity contribution in [2.75, 3.05) is 23.5 Å². The van der Waals surface area contributed by atoms with Gasteiger partial charge in [-0.15, -0.1) is 10.2 Å². The van der Waals surface area contributed by atoms with E-state index in [-0.39, 0.29) is 23.4 Å². The number of hydrogen-bond acceptors (Lipinski definition) is 7.